The molecular weight excluding hydrogens is 336 g/mol. The van der Waals surface area contributed by atoms with Crippen molar-refractivity contribution in [3.05, 3.63) is 68.7 Å². The molecule has 4 N–H and O–H groups in total. The van der Waals surface area contributed by atoms with Crippen molar-refractivity contribution >= 4 is 34.9 Å². The van der Waals surface area contributed by atoms with Gasteiger partial charge in [-0.15, -0.1) is 0 Å². The molecule has 2 aromatic carbocycles. The number of primary amides is 1. The van der Waals surface area contributed by atoms with Crippen LogP contribution in [-0.2, 0) is 6.54 Å². The third-order valence-electron chi connectivity index (χ3n) is 3.07. The minimum absolute atomic E-state index is 0.112. The molecule has 0 heterocycles. The molecule has 0 spiro atoms. The molecule has 0 aliphatic rings. The fourth-order valence-corrected chi connectivity index (χ4v) is 2.15. The van der Waals surface area contributed by atoms with E-state index in [1.807, 2.05) is 0 Å². The normalized spacial score (nSPS) is 10.0. The number of nitro benzene ring substituents is 1. The Hall–Kier alpha value is -3.13. The number of benzene rings is 2. The first-order valence-electron chi connectivity index (χ1n) is 6.74. The summed E-state index contributed by atoms with van der Waals surface area (Å²) < 4.78 is 0. The Labute approximate surface area is 141 Å². The van der Waals surface area contributed by atoms with Crippen molar-refractivity contribution in [2.24, 2.45) is 5.73 Å². The third-order valence-corrected chi connectivity index (χ3v) is 3.31. The first kappa shape index (κ1) is 17.2. The van der Waals surface area contributed by atoms with Gasteiger partial charge in [0.15, 0.2) is 0 Å². The molecule has 3 amide bonds. The lowest BCUT2D eigenvalue weighted by Crippen LogP contribution is -2.23. The predicted octanol–water partition coefficient (Wildman–Crippen LogP) is 2.67. The SMILES string of the molecule is NC(=O)Nc1ccc(CNC(=O)c2cc(Cl)ccc2[N+](=O)[O-])cc1. The van der Waals surface area contributed by atoms with Crippen molar-refractivity contribution in [2.45, 2.75) is 6.54 Å². The molecule has 0 atom stereocenters. The molecule has 0 radical (unpaired) electrons. The van der Waals surface area contributed by atoms with E-state index in [4.69, 9.17) is 17.3 Å². The average molecular weight is 349 g/mol. The second-order valence-corrected chi connectivity index (χ2v) is 5.22. The number of amides is 3. The molecule has 0 aliphatic carbocycles. The molecule has 124 valence electrons. The Kier molecular flexibility index (Phi) is 5.33. The van der Waals surface area contributed by atoms with Crippen LogP contribution in [0.1, 0.15) is 15.9 Å². The highest BCUT2D eigenvalue weighted by atomic mass is 35.5. The molecule has 8 nitrogen and oxygen atoms in total. The molecular formula is C15H13ClN4O4. The quantitative estimate of drug-likeness (QED) is 0.566. The summed E-state index contributed by atoms with van der Waals surface area (Å²) in [7, 11) is 0. The van der Waals surface area contributed by atoms with Crippen molar-refractivity contribution in [1.29, 1.82) is 0 Å². The fourth-order valence-electron chi connectivity index (χ4n) is 1.98. The minimum atomic E-state index is -0.677. The molecule has 0 unspecified atom stereocenters. The second-order valence-electron chi connectivity index (χ2n) is 4.79. The highest BCUT2D eigenvalue weighted by molar-refractivity contribution is 6.31. The summed E-state index contributed by atoms with van der Waals surface area (Å²) >= 11 is 5.79. The van der Waals surface area contributed by atoms with Crippen LogP contribution in [0.15, 0.2) is 42.5 Å². The van der Waals surface area contributed by atoms with Gasteiger partial charge in [0.2, 0.25) is 0 Å². The molecule has 0 aromatic heterocycles. The number of anilines is 1. The van der Waals surface area contributed by atoms with E-state index in [9.17, 15) is 19.7 Å². The maximum Gasteiger partial charge on any atom is 0.316 e. The van der Waals surface area contributed by atoms with Crippen LogP contribution in [0.2, 0.25) is 5.02 Å². The molecule has 2 aromatic rings. The number of nitro groups is 1. The Morgan fingerprint density at radius 2 is 1.83 bits per heavy atom. The van der Waals surface area contributed by atoms with Crippen LogP contribution in [0.25, 0.3) is 0 Å². The summed E-state index contributed by atoms with van der Waals surface area (Å²) in [5, 5.41) is 16.2. The highest BCUT2D eigenvalue weighted by Gasteiger charge is 2.20. The van der Waals surface area contributed by atoms with Gasteiger partial charge in [0.05, 0.1) is 4.92 Å². The van der Waals surface area contributed by atoms with Gasteiger partial charge in [-0.1, -0.05) is 23.7 Å². The van der Waals surface area contributed by atoms with Gasteiger partial charge < -0.3 is 16.4 Å². The smallest absolute Gasteiger partial charge is 0.316 e. The largest absolute Gasteiger partial charge is 0.351 e. The van der Waals surface area contributed by atoms with Crippen molar-refractivity contribution in [3.8, 4) is 0 Å². The molecule has 0 saturated carbocycles. The fraction of sp³-hybridized carbons (Fsp3) is 0.0667. The summed E-state index contributed by atoms with van der Waals surface area (Å²) in [5.74, 6) is -0.608. The number of urea groups is 1. The van der Waals surface area contributed by atoms with Crippen molar-refractivity contribution in [1.82, 2.24) is 5.32 Å². The lowest BCUT2D eigenvalue weighted by Gasteiger charge is -2.07. The molecule has 9 heteroatoms. The lowest BCUT2D eigenvalue weighted by molar-refractivity contribution is -0.385. The van der Waals surface area contributed by atoms with Crippen molar-refractivity contribution in [2.75, 3.05) is 5.32 Å². The monoisotopic (exact) mass is 348 g/mol. The van der Waals surface area contributed by atoms with Gasteiger partial charge in [0.25, 0.3) is 11.6 Å². The number of nitrogens with one attached hydrogen (secondary N) is 2. The molecule has 0 fully saturated rings. The molecule has 2 rings (SSSR count). The summed E-state index contributed by atoms with van der Waals surface area (Å²) in [6, 6.07) is 9.69. The highest BCUT2D eigenvalue weighted by Crippen LogP contribution is 2.22. The van der Waals surface area contributed by atoms with Crippen LogP contribution in [-0.4, -0.2) is 16.9 Å². The Bertz CT molecular complexity index is 793. The molecule has 24 heavy (non-hydrogen) atoms. The Balaban J connectivity index is 2.07. The van der Waals surface area contributed by atoms with E-state index in [2.05, 4.69) is 10.6 Å². The number of nitrogens with two attached hydrogens (primary N) is 1. The van der Waals surface area contributed by atoms with E-state index >= 15 is 0 Å². The van der Waals surface area contributed by atoms with Gasteiger partial charge >= 0.3 is 6.03 Å². The standard InChI is InChI=1S/C15H13ClN4O4/c16-10-3-6-13(20(23)24)12(7-10)14(21)18-8-9-1-4-11(5-2-9)19-15(17)22/h1-7H,8H2,(H,18,21)(H3,17,19,22). The summed E-state index contributed by atoms with van der Waals surface area (Å²) in [6.07, 6.45) is 0. The molecule has 0 bridgehead atoms. The van der Waals surface area contributed by atoms with Gasteiger partial charge in [-0.2, -0.15) is 0 Å². The summed E-state index contributed by atoms with van der Waals surface area (Å²) in [6.45, 7) is 0.152. The van der Waals surface area contributed by atoms with E-state index in [1.165, 1.54) is 18.2 Å². The first-order chi connectivity index (χ1) is 11.4. The molecule has 0 aliphatic heterocycles. The van der Waals surface area contributed by atoms with Crippen molar-refractivity contribution in [3.63, 3.8) is 0 Å². The lowest BCUT2D eigenvalue weighted by atomic mass is 10.1. The number of hydrogen-bond donors (Lipinski definition) is 3. The van der Waals surface area contributed by atoms with Gasteiger partial charge in [0.1, 0.15) is 5.56 Å². The number of nitrogens with zero attached hydrogens (tertiary/aromatic N) is 1. The first-order valence-corrected chi connectivity index (χ1v) is 7.12. The zero-order valence-corrected chi connectivity index (χ0v) is 13.0. The number of halogens is 1. The van der Waals surface area contributed by atoms with Crippen LogP contribution in [0.3, 0.4) is 0 Å². The second kappa shape index (κ2) is 7.42. The van der Waals surface area contributed by atoms with Gasteiger partial charge in [-0.05, 0) is 29.8 Å². The van der Waals surface area contributed by atoms with E-state index in [0.29, 0.717) is 5.69 Å². The van der Waals surface area contributed by atoms with Gasteiger partial charge in [-0.25, -0.2) is 4.79 Å². The van der Waals surface area contributed by atoms with Gasteiger partial charge in [0, 0.05) is 23.3 Å². The van der Waals surface area contributed by atoms with Crippen LogP contribution in [0.4, 0.5) is 16.2 Å². The number of carbonyl (C=O) groups is 2. The number of carbonyl (C=O) groups excluding carboxylic acids is 2. The third kappa shape index (κ3) is 4.43. The predicted molar refractivity (Wildman–Crippen MR) is 88.9 cm³/mol. The van der Waals surface area contributed by atoms with Crippen LogP contribution >= 0.6 is 11.6 Å². The maximum absolute atomic E-state index is 12.2. The Morgan fingerprint density at radius 3 is 2.42 bits per heavy atom. The maximum atomic E-state index is 12.2. The Morgan fingerprint density at radius 1 is 1.17 bits per heavy atom. The van der Waals surface area contributed by atoms with E-state index < -0.39 is 16.9 Å². The van der Waals surface area contributed by atoms with Crippen LogP contribution in [0, 0.1) is 10.1 Å². The summed E-state index contributed by atoms with van der Waals surface area (Å²) in [4.78, 5) is 33.2. The molecule has 0 saturated heterocycles. The zero-order valence-electron chi connectivity index (χ0n) is 12.3. The summed E-state index contributed by atoms with van der Waals surface area (Å²) in [5.41, 5.74) is 5.83. The minimum Gasteiger partial charge on any atom is -0.351 e. The van der Waals surface area contributed by atoms with Gasteiger partial charge in [-0.3, -0.25) is 14.9 Å². The number of hydrogen-bond acceptors (Lipinski definition) is 4. The van der Waals surface area contributed by atoms with Crippen molar-refractivity contribution < 1.29 is 14.5 Å². The van der Waals surface area contributed by atoms with E-state index in [0.717, 1.165) is 5.56 Å². The zero-order chi connectivity index (χ0) is 17.7. The topological polar surface area (TPSA) is 127 Å². The van der Waals surface area contributed by atoms with Crippen LogP contribution < -0.4 is 16.4 Å². The van der Waals surface area contributed by atoms with E-state index in [-0.39, 0.29) is 22.8 Å². The average Bonchev–Trinajstić information content (AvgIpc) is 2.53. The number of rotatable bonds is 5. The van der Waals surface area contributed by atoms with E-state index in [1.54, 1.807) is 24.3 Å². The van der Waals surface area contributed by atoms with Crippen LogP contribution in [0.5, 0.6) is 0 Å².